The van der Waals surface area contributed by atoms with Crippen LogP contribution in [0.15, 0.2) is 33.0 Å². The van der Waals surface area contributed by atoms with Crippen molar-refractivity contribution < 1.29 is 14.8 Å². The summed E-state index contributed by atoms with van der Waals surface area (Å²) in [6.45, 7) is 3.47. The van der Waals surface area contributed by atoms with E-state index in [9.17, 15) is 10.2 Å². The zero-order valence-electron chi connectivity index (χ0n) is 13.3. The maximum Gasteiger partial charge on any atom is 0.243 e. The van der Waals surface area contributed by atoms with Gasteiger partial charge in [-0.25, -0.2) is 4.63 Å². The Kier molecular flexibility index (Phi) is 4.12. The van der Waals surface area contributed by atoms with Crippen LogP contribution >= 0.6 is 0 Å². The van der Waals surface area contributed by atoms with Gasteiger partial charge in [-0.2, -0.15) is 14.9 Å². The van der Waals surface area contributed by atoms with Crippen molar-refractivity contribution in [1.29, 1.82) is 0 Å². The second kappa shape index (κ2) is 6.39. The van der Waals surface area contributed by atoms with Gasteiger partial charge in [0.2, 0.25) is 11.6 Å². The van der Waals surface area contributed by atoms with Crippen molar-refractivity contribution in [1.82, 2.24) is 25.3 Å². The van der Waals surface area contributed by atoms with Gasteiger partial charge in [0.05, 0.1) is 17.6 Å². The summed E-state index contributed by atoms with van der Waals surface area (Å²) in [6, 6.07) is 4.16. The SMILES string of the molecule is C/C(=N\N=C\c1ccc(O)cc1O)c1nnn(-c2nonc2N)c1C. The number of phenols is 2. The van der Waals surface area contributed by atoms with Crippen molar-refractivity contribution in [3.05, 3.63) is 35.2 Å². The van der Waals surface area contributed by atoms with Crippen LogP contribution in [0.25, 0.3) is 5.82 Å². The molecule has 3 aromatic rings. The Morgan fingerprint density at radius 3 is 2.80 bits per heavy atom. The lowest BCUT2D eigenvalue weighted by Gasteiger charge is -1.99. The molecule has 0 amide bonds. The second-order valence-electron chi connectivity index (χ2n) is 5.08. The first-order chi connectivity index (χ1) is 12.0. The molecule has 0 radical (unpaired) electrons. The molecular formula is C14H14N8O3. The Morgan fingerprint density at radius 2 is 2.12 bits per heavy atom. The molecule has 0 aliphatic heterocycles. The maximum atomic E-state index is 9.69. The van der Waals surface area contributed by atoms with Crippen molar-refractivity contribution in [2.45, 2.75) is 13.8 Å². The second-order valence-corrected chi connectivity index (χ2v) is 5.08. The van der Waals surface area contributed by atoms with Crippen LogP contribution in [-0.2, 0) is 0 Å². The highest BCUT2D eigenvalue weighted by Gasteiger charge is 2.17. The summed E-state index contributed by atoms with van der Waals surface area (Å²) in [5.41, 5.74) is 7.68. The van der Waals surface area contributed by atoms with Crippen LogP contribution in [0.4, 0.5) is 5.82 Å². The van der Waals surface area contributed by atoms with Crippen LogP contribution in [0.3, 0.4) is 0 Å². The molecule has 11 nitrogen and oxygen atoms in total. The molecule has 4 N–H and O–H groups in total. The largest absolute Gasteiger partial charge is 0.508 e. The maximum absolute atomic E-state index is 9.69. The molecule has 0 saturated carbocycles. The third-order valence-electron chi connectivity index (χ3n) is 3.35. The lowest BCUT2D eigenvalue weighted by Crippen LogP contribution is -2.04. The Labute approximate surface area is 141 Å². The van der Waals surface area contributed by atoms with Gasteiger partial charge in [0.1, 0.15) is 17.2 Å². The minimum atomic E-state index is -0.104. The van der Waals surface area contributed by atoms with Crippen LogP contribution in [-0.4, -0.2) is 47.4 Å². The van der Waals surface area contributed by atoms with Gasteiger partial charge in [0.15, 0.2) is 0 Å². The normalized spacial score (nSPS) is 12.2. The lowest BCUT2D eigenvalue weighted by molar-refractivity contribution is 0.306. The van der Waals surface area contributed by atoms with Gasteiger partial charge in [0.25, 0.3) is 0 Å². The molecule has 0 atom stereocenters. The number of nitrogens with zero attached hydrogens (tertiary/aromatic N) is 7. The first-order valence-corrected chi connectivity index (χ1v) is 7.08. The van der Waals surface area contributed by atoms with Gasteiger partial charge >= 0.3 is 0 Å². The molecule has 0 bridgehead atoms. The fraction of sp³-hybridized carbons (Fsp3) is 0.143. The number of aromatic nitrogens is 5. The van der Waals surface area contributed by atoms with E-state index in [0.717, 1.165) is 0 Å². The van der Waals surface area contributed by atoms with E-state index in [1.54, 1.807) is 13.8 Å². The molecule has 25 heavy (non-hydrogen) atoms. The predicted molar refractivity (Wildman–Crippen MR) is 87.9 cm³/mol. The van der Waals surface area contributed by atoms with Crippen molar-refractivity contribution in [2.75, 3.05) is 5.73 Å². The summed E-state index contributed by atoms with van der Waals surface area (Å²) in [6.07, 6.45) is 1.36. The quantitative estimate of drug-likeness (QED) is 0.463. The summed E-state index contributed by atoms with van der Waals surface area (Å²) in [5, 5.41) is 42.0. The number of phenolic OH excluding ortho intramolecular Hbond substituents is 2. The molecule has 3 rings (SSSR count). The summed E-state index contributed by atoms with van der Waals surface area (Å²) in [4.78, 5) is 0. The molecular weight excluding hydrogens is 328 g/mol. The van der Waals surface area contributed by atoms with E-state index in [2.05, 4.69) is 35.5 Å². The Balaban J connectivity index is 1.85. The summed E-state index contributed by atoms with van der Waals surface area (Å²) in [7, 11) is 0. The van der Waals surface area contributed by atoms with Gasteiger partial charge in [-0.3, -0.25) is 0 Å². The summed E-state index contributed by atoms with van der Waals surface area (Å²) in [5.74, 6) is 0.187. The molecule has 2 aromatic heterocycles. The Bertz CT molecular complexity index is 972. The summed E-state index contributed by atoms with van der Waals surface area (Å²) >= 11 is 0. The number of anilines is 1. The molecule has 11 heteroatoms. The monoisotopic (exact) mass is 342 g/mol. The van der Waals surface area contributed by atoms with Gasteiger partial charge in [-0.05, 0) is 36.3 Å². The molecule has 0 aliphatic carbocycles. The molecule has 0 fully saturated rings. The third-order valence-corrected chi connectivity index (χ3v) is 3.35. The van der Waals surface area contributed by atoms with Crippen LogP contribution in [0.5, 0.6) is 11.5 Å². The third kappa shape index (κ3) is 3.15. The van der Waals surface area contributed by atoms with Crippen LogP contribution in [0, 0.1) is 6.92 Å². The Morgan fingerprint density at radius 1 is 1.32 bits per heavy atom. The molecule has 128 valence electrons. The van der Waals surface area contributed by atoms with Crippen LogP contribution in [0.2, 0.25) is 0 Å². The van der Waals surface area contributed by atoms with Gasteiger partial charge in [-0.15, -0.1) is 5.10 Å². The first kappa shape index (κ1) is 16.1. The molecule has 0 aliphatic rings. The molecule has 0 spiro atoms. The number of nitrogens with two attached hydrogens (primary N) is 1. The zero-order chi connectivity index (χ0) is 18.0. The average molecular weight is 342 g/mol. The molecule has 0 unspecified atom stereocenters. The highest BCUT2D eigenvalue weighted by Crippen LogP contribution is 2.21. The van der Waals surface area contributed by atoms with Crippen LogP contribution < -0.4 is 5.73 Å². The number of nitrogen functional groups attached to an aromatic ring is 1. The van der Waals surface area contributed by atoms with Crippen molar-refractivity contribution in [2.24, 2.45) is 10.2 Å². The lowest BCUT2D eigenvalue weighted by atomic mass is 10.2. The van der Waals surface area contributed by atoms with Crippen LogP contribution in [0.1, 0.15) is 23.9 Å². The fourth-order valence-corrected chi connectivity index (χ4v) is 2.07. The Hall–Kier alpha value is -3.76. The molecule has 0 saturated heterocycles. The number of hydrogen-bond acceptors (Lipinski definition) is 10. The topological polar surface area (TPSA) is 161 Å². The molecule has 1 aromatic carbocycles. The first-order valence-electron chi connectivity index (χ1n) is 7.08. The average Bonchev–Trinajstić information content (AvgIpc) is 3.15. The highest BCUT2D eigenvalue weighted by atomic mass is 16.6. The standard InChI is InChI=1S/C14H14N8O3/c1-7(17-16-6-9-3-4-10(23)5-11(9)24)12-8(2)22(21-18-12)14-13(15)19-25-20-14/h3-6,23-24H,1-2H3,(H2,15,19)/b16-6+,17-7+. The number of rotatable bonds is 4. The van der Waals surface area contributed by atoms with E-state index in [1.807, 2.05) is 0 Å². The van der Waals surface area contributed by atoms with Gasteiger partial charge < -0.3 is 15.9 Å². The number of aromatic hydroxyl groups is 2. The van der Waals surface area contributed by atoms with E-state index in [0.29, 0.717) is 22.7 Å². The van der Waals surface area contributed by atoms with Gasteiger partial charge in [0, 0.05) is 11.6 Å². The fourth-order valence-electron chi connectivity index (χ4n) is 2.07. The van der Waals surface area contributed by atoms with E-state index < -0.39 is 0 Å². The number of hydrogen-bond donors (Lipinski definition) is 3. The predicted octanol–water partition coefficient (Wildman–Crippen LogP) is 0.795. The zero-order valence-corrected chi connectivity index (χ0v) is 13.3. The van der Waals surface area contributed by atoms with E-state index >= 15 is 0 Å². The van der Waals surface area contributed by atoms with Gasteiger partial charge in [-0.1, -0.05) is 5.21 Å². The van der Waals surface area contributed by atoms with E-state index in [4.69, 9.17) is 5.73 Å². The minimum Gasteiger partial charge on any atom is -0.508 e. The number of benzene rings is 1. The smallest absolute Gasteiger partial charge is 0.243 e. The van der Waals surface area contributed by atoms with Crippen molar-refractivity contribution in [3.8, 4) is 17.3 Å². The van der Waals surface area contributed by atoms with Crippen molar-refractivity contribution >= 4 is 17.7 Å². The summed E-state index contributed by atoms with van der Waals surface area (Å²) < 4.78 is 5.93. The molecule has 2 heterocycles. The highest BCUT2D eigenvalue weighted by molar-refractivity contribution is 5.98. The van der Waals surface area contributed by atoms with Crippen molar-refractivity contribution in [3.63, 3.8) is 0 Å². The minimum absolute atomic E-state index is 0.0387. The van der Waals surface area contributed by atoms with E-state index in [-0.39, 0.29) is 23.1 Å². The van der Waals surface area contributed by atoms with E-state index in [1.165, 1.54) is 29.1 Å².